The molecule has 3 nitrogen and oxygen atoms in total. The molecule has 3 fully saturated rings. The van der Waals surface area contributed by atoms with Crippen molar-refractivity contribution in [2.24, 2.45) is 46.3 Å². The Morgan fingerprint density at radius 2 is 1.65 bits per heavy atom. The Labute approximate surface area is 321 Å². The van der Waals surface area contributed by atoms with Crippen molar-refractivity contribution in [2.45, 2.75) is 209 Å². The van der Waals surface area contributed by atoms with Crippen LogP contribution in [0.1, 0.15) is 205 Å². The van der Waals surface area contributed by atoms with E-state index in [-0.39, 0.29) is 12.1 Å². The standard InChI is InChI=1S/C49H80O3/c1-9-10-17-23-45-37(5)38(6)46(52-45)24-18-15-13-11-12-14-16-19-25-47(50)51-40-30-32-48(7)39(34-40)26-27-41-43-29-28-42(36(4)22-20-21-35(2)3)49(43,8)33-31-44(41)48/h18,24,26,35-36,40-44H,9-17,19-23,25,27-34H2,1-8H3/b24-18+. The van der Waals surface area contributed by atoms with Crippen LogP contribution in [-0.2, 0) is 16.0 Å². The first-order valence-corrected chi connectivity index (χ1v) is 22.6. The minimum Gasteiger partial charge on any atom is -0.462 e. The lowest BCUT2D eigenvalue weighted by atomic mass is 9.47. The molecular weight excluding hydrogens is 637 g/mol. The molecule has 0 N–H and O–H groups in total. The molecule has 0 saturated heterocycles. The number of furan rings is 1. The second kappa shape index (κ2) is 19.2. The third-order valence-corrected chi connectivity index (χ3v) is 15.4. The van der Waals surface area contributed by atoms with Crippen LogP contribution in [-0.4, -0.2) is 12.1 Å². The molecule has 8 atom stereocenters. The first kappa shape index (κ1) is 41.4. The molecule has 1 heterocycles. The summed E-state index contributed by atoms with van der Waals surface area (Å²) in [5.74, 6) is 7.48. The smallest absolute Gasteiger partial charge is 0.306 e. The van der Waals surface area contributed by atoms with Crippen molar-refractivity contribution in [3.05, 3.63) is 40.4 Å². The number of carbonyl (C=O) groups is 1. The average molecular weight is 717 g/mol. The fourth-order valence-electron chi connectivity index (χ4n) is 12.0. The predicted molar refractivity (Wildman–Crippen MR) is 220 cm³/mol. The molecule has 4 aliphatic rings. The van der Waals surface area contributed by atoms with Gasteiger partial charge >= 0.3 is 5.97 Å². The zero-order valence-corrected chi connectivity index (χ0v) is 35.3. The second-order valence-electron chi connectivity index (χ2n) is 19.3. The number of hydrogen-bond donors (Lipinski definition) is 0. The molecule has 3 heteroatoms. The molecule has 3 saturated carbocycles. The topological polar surface area (TPSA) is 39.4 Å². The Hall–Kier alpha value is -1.77. The maximum absolute atomic E-state index is 12.9. The zero-order valence-electron chi connectivity index (χ0n) is 35.3. The normalized spacial score (nSPS) is 30.6. The summed E-state index contributed by atoms with van der Waals surface area (Å²) < 4.78 is 12.3. The van der Waals surface area contributed by atoms with Crippen LogP contribution >= 0.6 is 0 Å². The molecule has 52 heavy (non-hydrogen) atoms. The molecule has 0 amide bonds. The number of fused-ring (bicyclic) bond motifs is 5. The van der Waals surface area contributed by atoms with Crippen molar-refractivity contribution in [3.8, 4) is 0 Å². The zero-order chi connectivity index (χ0) is 37.3. The van der Waals surface area contributed by atoms with Gasteiger partial charge in [-0.15, -0.1) is 0 Å². The van der Waals surface area contributed by atoms with E-state index in [0.717, 1.165) is 79.8 Å². The van der Waals surface area contributed by atoms with Crippen molar-refractivity contribution >= 4 is 12.0 Å². The summed E-state index contributed by atoms with van der Waals surface area (Å²) in [6.07, 6.45) is 35.2. The number of esters is 1. The van der Waals surface area contributed by atoms with Crippen LogP contribution in [0.4, 0.5) is 0 Å². The highest BCUT2D eigenvalue weighted by atomic mass is 16.5. The third kappa shape index (κ3) is 9.90. The van der Waals surface area contributed by atoms with Crippen LogP contribution in [0.2, 0.25) is 0 Å². The number of aryl methyl sites for hydroxylation is 1. The summed E-state index contributed by atoms with van der Waals surface area (Å²) in [6.45, 7) is 19.3. The van der Waals surface area contributed by atoms with Gasteiger partial charge in [0.2, 0.25) is 0 Å². The van der Waals surface area contributed by atoms with Gasteiger partial charge in [0.1, 0.15) is 17.6 Å². The monoisotopic (exact) mass is 717 g/mol. The highest BCUT2D eigenvalue weighted by Crippen LogP contribution is 2.67. The van der Waals surface area contributed by atoms with Gasteiger partial charge < -0.3 is 9.15 Å². The van der Waals surface area contributed by atoms with E-state index in [2.05, 4.69) is 73.6 Å². The Balaban J connectivity index is 0.969. The minimum atomic E-state index is 0.0398. The molecule has 0 bridgehead atoms. The largest absolute Gasteiger partial charge is 0.462 e. The molecule has 0 aromatic carbocycles. The van der Waals surface area contributed by atoms with Gasteiger partial charge in [-0.3, -0.25) is 4.79 Å². The molecule has 4 aliphatic carbocycles. The highest BCUT2D eigenvalue weighted by molar-refractivity contribution is 5.69. The summed E-state index contributed by atoms with van der Waals surface area (Å²) in [6, 6.07) is 0. The van der Waals surface area contributed by atoms with Crippen LogP contribution in [0.5, 0.6) is 0 Å². The average Bonchev–Trinajstić information content (AvgIpc) is 3.60. The quantitative estimate of drug-likeness (QED) is 0.0766. The Bertz CT molecular complexity index is 1330. The third-order valence-electron chi connectivity index (χ3n) is 15.4. The van der Waals surface area contributed by atoms with Gasteiger partial charge in [-0.1, -0.05) is 117 Å². The van der Waals surface area contributed by atoms with Crippen LogP contribution in [0.25, 0.3) is 6.08 Å². The number of allylic oxidation sites excluding steroid dienone is 2. The van der Waals surface area contributed by atoms with Crippen LogP contribution in [0, 0.1) is 60.2 Å². The van der Waals surface area contributed by atoms with E-state index in [1.165, 1.54) is 120 Å². The molecular formula is C49H80O3. The van der Waals surface area contributed by atoms with Crippen molar-refractivity contribution < 1.29 is 13.9 Å². The number of hydrogen-bond acceptors (Lipinski definition) is 3. The molecule has 1 aromatic rings. The van der Waals surface area contributed by atoms with Gasteiger partial charge in [-0.2, -0.15) is 0 Å². The van der Waals surface area contributed by atoms with E-state index in [9.17, 15) is 4.79 Å². The van der Waals surface area contributed by atoms with E-state index in [1.54, 1.807) is 5.57 Å². The van der Waals surface area contributed by atoms with Gasteiger partial charge in [-0.05, 0) is 148 Å². The molecule has 0 radical (unpaired) electrons. The van der Waals surface area contributed by atoms with E-state index >= 15 is 0 Å². The van der Waals surface area contributed by atoms with E-state index in [4.69, 9.17) is 9.15 Å². The molecule has 1 aromatic heterocycles. The number of rotatable bonds is 20. The number of unbranched alkanes of at least 4 members (excludes halogenated alkanes) is 8. The van der Waals surface area contributed by atoms with Gasteiger partial charge in [0.25, 0.3) is 0 Å². The van der Waals surface area contributed by atoms with E-state index in [1.807, 2.05) is 0 Å². The summed E-state index contributed by atoms with van der Waals surface area (Å²) in [4.78, 5) is 12.9. The predicted octanol–water partition coefficient (Wildman–Crippen LogP) is 14.7. The van der Waals surface area contributed by atoms with Crippen molar-refractivity contribution in [1.29, 1.82) is 0 Å². The molecule has 8 unspecified atom stereocenters. The molecule has 294 valence electrons. The maximum atomic E-state index is 12.9. The van der Waals surface area contributed by atoms with E-state index < -0.39 is 0 Å². The number of ether oxygens (including phenoxy) is 1. The number of carbonyl (C=O) groups excluding carboxylic acids is 1. The van der Waals surface area contributed by atoms with Crippen LogP contribution in [0.3, 0.4) is 0 Å². The SMILES string of the molecule is CCCCCc1oc(/C=C/CCCCCCCCC(=O)OC2CCC3(C)C(=CCC4C3CCC3(C)C(C(C)CCCC(C)C)CCC43)C2)c(C)c1C. The summed E-state index contributed by atoms with van der Waals surface area (Å²) >= 11 is 0. The van der Waals surface area contributed by atoms with Gasteiger partial charge in [-0.25, -0.2) is 0 Å². The first-order chi connectivity index (χ1) is 25.0. The van der Waals surface area contributed by atoms with Gasteiger partial charge in [0, 0.05) is 19.3 Å². The van der Waals surface area contributed by atoms with E-state index in [0.29, 0.717) is 17.3 Å². The van der Waals surface area contributed by atoms with Crippen LogP contribution in [0.15, 0.2) is 22.1 Å². The summed E-state index contributed by atoms with van der Waals surface area (Å²) in [5, 5.41) is 0. The van der Waals surface area contributed by atoms with Gasteiger partial charge in [0.15, 0.2) is 0 Å². The maximum Gasteiger partial charge on any atom is 0.306 e. The lowest BCUT2D eigenvalue weighted by molar-refractivity contribution is -0.151. The minimum absolute atomic E-state index is 0.0398. The lowest BCUT2D eigenvalue weighted by Gasteiger charge is -2.58. The molecule has 5 rings (SSSR count). The summed E-state index contributed by atoms with van der Waals surface area (Å²) in [7, 11) is 0. The lowest BCUT2D eigenvalue weighted by Crippen LogP contribution is -2.51. The van der Waals surface area contributed by atoms with Gasteiger partial charge in [0.05, 0.1) is 0 Å². The fraction of sp³-hybridized carbons (Fsp3) is 0.816. The second-order valence-corrected chi connectivity index (χ2v) is 19.3. The van der Waals surface area contributed by atoms with Crippen molar-refractivity contribution in [3.63, 3.8) is 0 Å². The van der Waals surface area contributed by atoms with Crippen molar-refractivity contribution in [2.75, 3.05) is 0 Å². The Morgan fingerprint density at radius 1 is 0.885 bits per heavy atom. The first-order valence-electron chi connectivity index (χ1n) is 22.6. The molecule has 0 aliphatic heterocycles. The van der Waals surface area contributed by atoms with Crippen molar-refractivity contribution in [1.82, 2.24) is 0 Å². The fourth-order valence-corrected chi connectivity index (χ4v) is 12.0. The highest BCUT2D eigenvalue weighted by Gasteiger charge is 2.59. The molecule has 0 spiro atoms. The Kier molecular flexibility index (Phi) is 15.3. The summed E-state index contributed by atoms with van der Waals surface area (Å²) in [5.41, 5.74) is 5.13. The van der Waals surface area contributed by atoms with Crippen LogP contribution < -0.4 is 0 Å². The Morgan fingerprint density at radius 3 is 2.42 bits per heavy atom.